The molecule has 1 aromatic rings. The van der Waals surface area contributed by atoms with E-state index < -0.39 is 0 Å². The van der Waals surface area contributed by atoms with Gasteiger partial charge in [-0.25, -0.2) is 0 Å². The molecule has 0 bridgehead atoms. The van der Waals surface area contributed by atoms with Crippen LogP contribution in [0, 0.1) is 0 Å². The van der Waals surface area contributed by atoms with Gasteiger partial charge in [-0.3, -0.25) is 9.89 Å². The van der Waals surface area contributed by atoms with Crippen LogP contribution in [-0.2, 0) is 16.0 Å². The maximum Gasteiger partial charge on any atom is 0.193 e. The summed E-state index contributed by atoms with van der Waals surface area (Å²) >= 11 is 7.69. The van der Waals surface area contributed by atoms with Crippen LogP contribution in [0.1, 0.15) is 17.7 Å². The third-order valence-electron chi connectivity index (χ3n) is 4.75. The summed E-state index contributed by atoms with van der Waals surface area (Å²) in [6.07, 6.45) is 2.57. The van der Waals surface area contributed by atoms with Gasteiger partial charge in [0.15, 0.2) is 5.96 Å². The molecule has 26 heavy (non-hydrogen) atoms. The number of thiophene rings is 1. The lowest BCUT2D eigenvalue weighted by Crippen LogP contribution is -2.52. The second-order valence-corrected chi connectivity index (χ2v) is 8.45. The molecule has 1 unspecified atom stereocenters. The van der Waals surface area contributed by atoms with Gasteiger partial charge >= 0.3 is 0 Å². The summed E-state index contributed by atoms with van der Waals surface area (Å²) in [5.74, 6) is 0.963. The molecular weight excluding hydrogens is 372 g/mol. The Morgan fingerprint density at radius 1 is 1.38 bits per heavy atom. The van der Waals surface area contributed by atoms with Crippen LogP contribution < -0.4 is 5.32 Å². The average molecular weight is 401 g/mol. The second-order valence-electron chi connectivity index (χ2n) is 6.65. The fraction of sp³-hybridized carbons (Fsp3) is 0.722. The Kier molecular flexibility index (Phi) is 8.01. The highest BCUT2D eigenvalue weighted by molar-refractivity contribution is 7.16. The first-order valence-corrected chi connectivity index (χ1v) is 10.6. The standard InChI is InChI=1S/C18H29ClN4O2S/c1-20-18(21-6-12-24-14-15-3-2-11-25-15)23-9-7-22(8-10-23)13-16-4-5-17(19)26-16/h4-5,15H,2-3,6-14H2,1H3,(H,20,21). The predicted octanol–water partition coefficient (Wildman–Crippen LogP) is 2.29. The van der Waals surface area contributed by atoms with Crippen molar-refractivity contribution in [3.63, 3.8) is 0 Å². The van der Waals surface area contributed by atoms with Crippen LogP contribution in [0.2, 0.25) is 4.34 Å². The molecular formula is C18H29ClN4O2S. The largest absolute Gasteiger partial charge is 0.377 e. The van der Waals surface area contributed by atoms with Crippen molar-refractivity contribution >= 4 is 28.9 Å². The van der Waals surface area contributed by atoms with E-state index in [2.05, 4.69) is 26.2 Å². The van der Waals surface area contributed by atoms with Gasteiger partial charge in [-0.05, 0) is 25.0 Å². The normalized spacial score (nSPS) is 22.2. The highest BCUT2D eigenvalue weighted by Gasteiger charge is 2.20. The van der Waals surface area contributed by atoms with Gasteiger partial charge in [-0.15, -0.1) is 11.3 Å². The fourth-order valence-electron chi connectivity index (χ4n) is 3.33. The SMILES string of the molecule is CN=C(NCCOCC1CCCO1)N1CCN(Cc2ccc(Cl)s2)CC1. The minimum Gasteiger partial charge on any atom is -0.377 e. The number of nitrogens with zero attached hydrogens (tertiary/aromatic N) is 3. The molecule has 3 heterocycles. The van der Waals surface area contributed by atoms with Gasteiger partial charge in [0.25, 0.3) is 0 Å². The van der Waals surface area contributed by atoms with Crippen molar-refractivity contribution in [3.05, 3.63) is 21.3 Å². The summed E-state index contributed by atoms with van der Waals surface area (Å²) in [6, 6.07) is 4.10. The molecule has 3 rings (SSSR count). The summed E-state index contributed by atoms with van der Waals surface area (Å²) in [4.78, 5) is 10.5. The van der Waals surface area contributed by atoms with Gasteiger partial charge < -0.3 is 19.7 Å². The maximum absolute atomic E-state index is 6.02. The molecule has 2 saturated heterocycles. The highest BCUT2D eigenvalue weighted by atomic mass is 35.5. The van der Waals surface area contributed by atoms with Crippen LogP contribution in [0.4, 0.5) is 0 Å². The van der Waals surface area contributed by atoms with E-state index in [9.17, 15) is 0 Å². The van der Waals surface area contributed by atoms with Crippen LogP contribution in [0.15, 0.2) is 17.1 Å². The topological polar surface area (TPSA) is 49.3 Å². The lowest BCUT2D eigenvalue weighted by Gasteiger charge is -2.36. The van der Waals surface area contributed by atoms with E-state index >= 15 is 0 Å². The Morgan fingerprint density at radius 2 is 2.23 bits per heavy atom. The van der Waals surface area contributed by atoms with Crippen LogP contribution in [0.25, 0.3) is 0 Å². The molecule has 0 aliphatic carbocycles. The summed E-state index contributed by atoms with van der Waals surface area (Å²) in [7, 11) is 1.84. The fourth-order valence-corrected chi connectivity index (χ4v) is 4.46. The smallest absolute Gasteiger partial charge is 0.193 e. The first kappa shape index (κ1) is 19.9. The molecule has 2 aliphatic heterocycles. The molecule has 0 amide bonds. The molecule has 2 fully saturated rings. The van der Waals surface area contributed by atoms with E-state index in [1.807, 2.05) is 13.1 Å². The van der Waals surface area contributed by atoms with Gasteiger partial charge in [0, 0.05) is 57.8 Å². The van der Waals surface area contributed by atoms with Gasteiger partial charge in [0.2, 0.25) is 0 Å². The van der Waals surface area contributed by atoms with E-state index in [1.165, 1.54) is 4.88 Å². The van der Waals surface area contributed by atoms with Crippen LogP contribution in [-0.4, -0.2) is 81.5 Å². The summed E-state index contributed by atoms with van der Waals surface area (Å²) in [6.45, 7) is 8.04. The molecule has 0 spiro atoms. The van der Waals surface area contributed by atoms with Crippen molar-refractivity contribution < 1.29 is 9.47 Å². The summed E-state index contributed by atoms with van der Waals surface area (Å²) < 4.78 is 12.1. The summed E-state index contributed by atoms with van der Waals surface area (Å²) in [5, 5.41) is 3.41. The number of hydrogen-bond acceptors (Lipinski definition) is 5. The Labute approximate surface area is 165 Å². The molecule has 146 valence electrons. The van der Waals surface area contributed by atoms with Gasteiger partial charge in [0.05, 0.1) is 23.7 Å². The number of rotatable bonds is 7. The lowest BCUT2D eigenvalue weighted by atomic mass is 10.2. The number of aliphatic imine (C=N–C) groups is 1. The number of halogens is 1. The van der Waals surface area contributed by atoms with E-state index in [0.29, 0.717) is 19.3 Å². The Balaban J connectivity index is 1.31. The van der Waals surface area contributed by atoms with Crippen molar-refractivity contribution in [2.45, 2.75) is 25.5 Å². The second kappa shape index (κ2) is 10.5. The quantitative estimate of drug-likeness (QED) is 0.432. The van der Waals surface area contributed by atoms with Crippen LogP contribution in [0.3, 0.4) is 0 Å². The molecule has 1 atom stereocenters. The van der Waals surface area contributed by atoms with Crippen molar-refractivity contribution in [1.29, 1.82) is 0 Å². The van der Waals surface area contributed by atoms with E-state index in [-0.39, 0.29) is 0 Å². The third kappa shape index (κ3) is 6.09. The zero-order valence-electron chi connectivity index (χ0n) is 15.5. The van der Waals surface area contributed by atoms with Crippen molar-refractivity contribution in [1.82, 2.24) is 15.1 Å². The minimum absolute atomic E-state index is 0.292. The van der Waals surface area contributed by atoms with Crippen molar-refractivity contribution in [2.24, 2.45) is 4.99 Å². The molecule has 6 nitrogen and oxygen atoms in total. The van der Waals surface area contributed by atoms with E-state index in [0.717, 1.165) is 69.0 Å². The maximum atomic E-state index is 6.02. The van der Waals surface area contributed by atoms with Crippen molar-refractivity contribution in [3.8, 4) is 0 Å². The molecule has 0 aromatic carbocycles. The van der Waals surface area contributed by atoms with E-state index in [4.69, 9.17) is 21.1 Å². The first-order valence-electron chi connectivity index (χ1n) is 9.36. The number of nitrogens with one attached hydrogen (secondary N) is 1. The molecule has 1 N–H and O–H groups in total. The van der Waals surface area contributed by atoms with Gasteiger partial charge in [-0.1, -0.05) is 11.6 Å². The monoisotopic (exact) mass is 400 g/mol. The Hall–Kier alpha value is -0.860. The zero-order valence-corrected chi connectivity index (χ0v) is 17.0. The Bertz CT molecular complexity index is 569. The van der Waals surface area contributed by atoms with Gasteiger partial charge in [-0.2, -0.15) is 0 Å². The minimum atomic E-state index is 0.292. The molecule has 8 heteroatoms. The summed E-state index contributed by atoms with van der Waals surface area (Å²) in [5.41, 5.74) is 0. The number of guanidine groups is 1. The van der Waals surface area contributed by atoms with Crippen molar-refractivity contribution in [2.75, 3.05) is 59.6 Å². The van der Waals surface area contributed by atoms with Crippen LogP contribution >= 0.6 is 22.9 Å². The molecule has 0 saturated carbocycles. The van der Waals surface area contributed by atoms with Gasteiger partial charge in [0.1, 0.15) is 0 Å². The highest BCUT2D eigenvalue weighted by Crippen LogP contribution is 2.23. The zero-order chi connectivity index (χ0) is 18.2. The number of hydrogen-bond donors (Lipinski definition) is 1. The first-order chi connectivity index (χ1) is 12.7. The third-order valence-corrected chi connectivity index (χ3v) is 5.97. The van der Waals surface area contributed by atoms with Crippen LogP contribution in [0.5, 0.6) is 0 Å². The Morgan fingerprint density at radius 3 is 2.88 bits per heavy atom. The molecule has 1 aromatic heterocycles. The van der Waals surface area contributed by atoms with E-state index in [1.54, 1.807) is 11.3 Å². The molecule has 0 radical (unpaired) electrons. The number of ether oxygens (including phenoxy) is 2. The average Bonchev–Trinajstić information content (AvgIpc) is 3.31. The lowest BCUT2D eigenvalue weighted by molar-refractivity contribution is 0.0189. The number of piperazine rings is 1. The molecule has 2 aliphatic rings. The predicted molar refractivity (Wildman–Crippen MR) is 107 cm³/mol.